The monoisotopic (exact) mass is 511 g/mol. The lowest BCUT2D eigenvalue weighted by Gasteiger charge is -2.34. The summed E-state index contributed by atoms with van der Waals surface area (Å²) in [4.78, 5) is 6.86. The molecule has 0 bridgehead atoms. The zero-order valence-electron chi connectivity index (χ0n) is 18.2. The van der Waals surface area contributed by atoms with E-state index in [-0.39, 0.29) is 24.0 Å². The largest absolute Gasteiger partial charge is 0.385 e. The molecule has 0 radical (unpaired) electrons. The fourth-order valence-electron chi connectivity index (χ4n) is 4.34. The Hall–Kier alpha value is -0.120. The summed E-state index contributed by atoms with van der Waals surface area (Å²) in [5, 5.41) is 3.56. The Kier molecular flexibility index (Phi) is 14.5. The second-order valence-corrected chi connectivity index (χ2v) is 7.70. The molecule has 166 valence electrons. The molecule has 1 unspecified atom stereocenters. The second kappa shape index (κ2) is 15.7. The van der Waals surface area contributed by atoms with Crippen LogP contribution >= 0.6 is 24.0 Å². The van der Waals surface area contributed by atoms with E-state index in [0.717, 1.165) is 77.0 Å². The number of guanidine groups is 1. The van der Waals surface area contributed by atoms with E-state index in [0.29, 0.717) is 12.2 Å². The van der Waals surface area contributed by atoms with Crippen LogP contribution in [0.15, 0.2) is 4.99 Å². The van der Waals surface area contributed by atoms with Gasteiger partial charge in [-0.3, -0.25) is 4.99 Å². The number of nitrogens with one attached hydrogen (secondary N) is 1. The van der Waals surface area contributed by atoms with Crippen LogP contribution in [0.1, 0.15) is 58.3 Å². The summed E-state index contributed by atoms with van der Waals surface area (Å²) >= 11 is 0. The minimum atomic E-state index is 0. The van der Waals surface area contributed by atoms with Gasteiger partial charge in [-0.05, 0) is 51.4 Å². The third-order valence-corrected chi connectivity index (χ3v) is 5.82. The molecule has 2 rings (SSSR count). The molecule has 2 aliphatic rings. The van der Waals surface area contributed by atoms with Crippen LogP contribution in [0.5, 0.6) is 0 Å². The molecule has 0 amide bonds. The molecule has 0 spiro atoms. The van der Waals surface area contributed by atoms with Crippen molar-refractivity contribution < 1.29 is 14.2 Å². The summed E-state index contributed by atoms with van der Waals surface area (Å²) in [5.74, 6) is 1.77. The molecule has 28 heavy (non-hydrogen) atoms. The molecule has 2 fully saturated rings. The Morgan fingerprint density at radius 3 is 2.46 bits per heavy atom. The van der Waals surface area contributed by atoms with Crippen molar-refractivity contribution in [3.8, 4) is 0 Å². The van der Waals surface area contributed by atoms with Crippen molar-refractivity contribution in [2.75, 3.05) is 53.6 Å². The number of hydrogen-bond donors (Lipinski definition) is 1. The average Bonchev–Trinajstić information content (AvgIpc) is 3.23. The van der Waals surface area contributed by atoms with E-state index in [2.05, 4.69) is 22.1 Å². The van der Waals surface area contributed by atoms with Crippen LogP contribution in [0.4, 0.5) is 0 Å². The van der Waals surface area contributed by atoms with E-state index >= 15 is 0 Å². The number of aliphatic imine (C=N–C) groups is 1. The third kappa shape index (κ3) is 9.13. The van der Waals surface area contributed by atoms with Crippen molar-refractivity contribution in [3.63, 3.8) is 0 Å². The van der Waals surface area contributed by atoms with Crippen LogP contribution in [0, 0.1) is 5.92 Å². The number of nitrogens with zero attached hydrogens (tertiary/aromatic N) is 2. The molecule has 1 atom stereocenters. The lowest BCUT2D eigenvalue weighted by Crippen LogP contribution is -2.47. The SMILES string of the molecule is CCOC(CCNC(=NC)N1CCC(OCCCOC)CC1)C1CCCC1.I. The molecule has 1 saturated carbocycles. The number of piperidine rings is 1. The maximum atomic E-state index is 6.04. The Morgan fingerprint density at radius 2 is 1.86 bits per heavy atom. The molecular formula is C21H42IN3O3. The summed E-state index contributed by atoms with van der Waals surface area (Å²) in [6.07, 6.45) is 10.3. The number of hydrogen-bond acceptors (Lipinski definition) is 4. The van der Waals surface area contributed by atoms with Crippen molar-refractivity contribution in [1.82, 2.24) is 10.2 Å². The van der Waals surface area contributed by atoms with E-state index in [9.17, 15) is 0 Å². The summed E-state index contributed by atoms with van der Waals surface area (Å²) in [7, 11) is 3.62. The predicted octanol–water partition coefficient (Wildman–Crippen LogP) is 3.68. The van der Waals surface area contributed by atoms with Crippen LogP contribution in [0.25, 0.3) is 0 Å². The number of rotatable bonds is 11. The highest BCUT2D eigenvalue weighted by atomic mass is 127. The maximum Gasteiger partial charge on any atom is 0.193 e. The molecule has 1 N–H and O–H groups in total. The van der Waals surface area contributed by atoms with Crippen molar-refractivity contribution in [2.45, 2.75) is 70.5 Å². The van der Waals surface area contributed by atoms with E-state index in [1.165, 1.54) is 25.7 Å². The fraction of sp³-hybridized carbons (Fsp3) is 0.952. The number of likely N-dealkylation sites (tertiary alicyclic amines) is 1. The molecule has 1 aliphatic heterocycles. The van der Waals surface area contributed by atoms with Crippen molar-refractivity contribution in [3.05, 3.63) is 0 Å². The summed E-state index contributed by atoms with van der Waals surface area (Å²) in [6.45, 7) is 7.44. The Bertz CT molecular complexity index is 412. The lowest BCUT2D eigenvalue weighted by atomic mass is 9.98. The molecule has 1 aliphatic carbocycles. The number of ether oxygens (including phenoxy) is 3. The van der Waals surface area contributed by atoms with E-state index in [4.69, 9.17) is 14.2 Å². The standard InChI is InChI=1S/C21H41N3O3.HI/c1-4-26-20(18-8-5-6-9-18)10-13-23-21(22-2)24-14-11-19(12-15-24)27-17-7-16-25-3;/h18-20H,4-17H2,1-3H3,(H,22,23);1H. The molecule has 1 saturated heterocycles. The molecule has 0 aromatic rings. The first-order valence-electron chi connectivity index (χ1n) is 11.0. The second-order valence-electron chi connectivity index (χ2n) is 7.70. The van der Waals surface area contributed by atoms with Crippen molar-refractivity contribution >= 4 is 29.9 Å². The molecule has 0 aromatic heterocycles. The van der Waals surface area contributed by atoms with E-state index in [1.54, 1.807) is 7.11 Å². The first kappa shape index (κ1) is 25.9. The first-order valence-corrected chi connectivity index (χ1v) is 11.0. The van der Waals surface area contributed by atoms with Gasteiger partial charge < -0.3 is 24.4 Å². The average molecular weight is 511 g/mol. The van der Waals surface area contributed by atoms with Gasteiger partial charge in [0.15, 0.2) is 5.96 Å². The minimum Gasteiger partial charge on any atom is -0.385 e. The smallest absolute Gasteiger partial charge is 0.193 e. The number of methoxy groups -OCH3 is 1. The quantitative estimate of drug-likeness (QED) is 0.199. The summed E-state index contributed by atoms with van der Waals surface area (Å²) in [6, 6.07) is 0. The van der Waals surface area contributed by atoms with Gasteiger partial charge in [0.1, 0.15) is 0 Å². The van der Waals surface area contributed by atoms with E-state index in [1.807, 2.05) is 7.05 Å². The van der Waals surface area contributed by atoms with Gasteiger partial charge in [0.05, 0.1) is 12.2 Å². The molecule has 6 nitrogen and oxygen atoms in total. The van der Waals surface area contributed by atoms with Gasteiger partial charge in [-0.1, -0.05) is 12.8 Å². The molecule has 7 heteroatoms. The Balaban J connectivity index is 0.00000392. The van der Waals surface area contributed by atoms with Gasteiger partial charge in [-0.25, -0.2) is 0 Å². The summed E-state index contributed by atoms with van der Waals surface area (Å²) in [5.41, 5.74) is 0. The van der Waals surface area contributed by atoms with Crippen molar-refractivity contribution in [2.24, 2.45) is 10.9 Å². The first-order chi connectivity index (χ1) is 13.3. The predicted molar refractivity (Wildman–Crippen MR) is 126 cm³/mol. The van der Waals surface area contributed by atoms with Gasteiger partial charge in [0.2, 0.25) is 0 Å². The van der Waals surface area contributed by atoms with Crippen LogP contribution in [0.3, 0.4) is 0 Å². The van der Waals surface area contributed by atoms with Crippen LogP contribution in [0.2, 0.25) is 0 Å². The maximum absolute atomic E-state index is 6.04. The Morgan fingerprint density at radius 1 is 1.14 bits per heavy atom. The highest BCUT2D eigenvalue weighted by molar-refractivity contribution is 14.0. The van der Waals surface area contributed by atoms with Crippen molar-refractivity contribution in [1.29, 1.82) is 0 Å². The van der Waals surface area contributed by atoms with Crippen LogP contribution < -0.4 is 5.32 Å². The van der Waals surface area contributed by atoms with Gasteiger partial charge in [0, 0.05) is 53.6 Å². The minimum absolute atomic E-state index is 0. The van der Waals surface area contributed by atoms with E-state index < -0.39 is 0 Å². The van der Waals surface area contributed by atoms with Gasteiger partial charge in [-0.15, -0.1) is 24.0 Å². The number of halogens is 1. The normalized spacial score (nSPS) is 20.2. The zero-order chi connectivity index (χ0) is 19.3. The lowest BCUT2D eigenvalue weighted by molar-refractivity contribution is 0.00944. The molecular weight excluding hydrogens is 469 g/mol. The van der Waals surface area contributed by atoms with Crippen LogP contribution in [-0.2, 0) is 14.2 Å². The molecule has 1 heterocycles. The van der Waals surface area contributed by atoms with Crippen LogP contribution in [-0.4, -0.2) is 76.7 Å². The highest BCUT2D eigenvalue weighted by Gasteiger charge is 2.26. The fourth-order valence-corrected chi connectivity index (χ4v) is 4.34. The third-order valence-electron chi connectivity index (χ3n) is 5.82. The topological polar surface area (TPSA) is 55.3 Å². The van der Waals surface area contributed by atoms with Gasteiger partial charge in [0.25, 0.3) is 0 Å². The highest BCUT2D eigenvalue weighted by Crippen LogP contribution is 2.30. The summed E-state index contributed by atoms with van der Waals surface area (Å²) < 4.78 is 17.1. The molecule has 0 aromatic carbocycles. The van der Waals surface area contributed by atoms with Gasteiger partial charge >= 0.3 is 0 Å². The zero-order valence-corrected chi connectivity index (χ0v) is 20.5. The van der Waals surface area contributed by atoms with Gasteiger partial charge in [-0.2, -0.15) is 0 Å². The Labute approximate surface area is 189 Å².